The summed E-state index contributed by atoms with van der Waals surface area (Å²) < 4.78 is 6.82. The number of carbonyl (C=O) groups excluding carboxylic acids is 2. The molecule has 4 rings (SSSR count). The van der Waals surface area contributed by atoms with Crippen molar-refractivity contribution in [2.24, 2.45) is 0 Å². The minimum Gasteiger partial charge on any atom is -0.452 e. The Morgan fingerprint density at radius 2 is 1.90 bits per heavy atom. The lowest BCUT2D eigenvalue weighted by molar-refractivity contribution is -0.136. The zero-order valence-electron chi connectivity index (χ0n) is 17.2. The number of benzene rings is 1. The summed E-state index contributed by atoms with van der Waals surface area (Å²) in [7, 11) is 0. The monoisotopic (exact) mass is 407 g/mol. The van der Waals surface area contributed by atoms with E-state index < -0.39 is 5.97 Å². The number of piperazine rings is 1. The van der Waals surface area contributed by atoms with Gasteiger partial charge in [-0.3, -0.25) is 9.69 Å². The van der Waals surface area contributed by atoms with Crippen molar-refractivity contribution in [2.45, 2.75) is 20.4 Å². The van der Waals surface area contributed by atoms with E-state index in [9.17, 15) is 9.59 Å². The van der Waals surface area contributed by atoms with Crippen molar-refractivity contribution in [3.8, 4) is 0 Å². The van der Waals surface area contributed by atoms with Crippen LogP contribution in [0.5, 0.6) is 0 Å². The molecular weight excluding hydrogens is 382 g/mol. The Balaban J connectivity index is 1.29. The van der Waals surface area contributed by atoms with Gasteiger partial charge < -0.3 is 9.64 Å². The molecule has 1 fully saturated rings. The van der Waals surface area contributed by atoms with Crippen LogP contribution in [0.25, 0.3) is 5.65 Å². The van der Waals surface area contributed by atoms with Crippen molar-refractivity contribution >= 4 is 17.5 Å². The summed E-state index contributed by atoms with van der Waals surface area (Å²) in [6.45, 7) is 7.25. The van der Waals surface area contributed by atoms with Gasteiger partial charge in [-0.1, -0.05) is 29.8 Å². The summed E-state index contributed by atoms with van der Waals surface area (Å²) in [5.41, 5.74) is 3.78. The molecule has 0 radical (unpaired) electrons. The minimum atomic E-state index is -0.576. The second-order valence-corrected chi connectivity index (χ2v) is 7.57. The highest BCUT2D eigenvalue weighted by atomic mass is 16.5. The number of hydrogen-bond acceptors (Lipinski definition) is 6. The summed E-state index contributed by atoms with van der Waals surface area (Å²) in [6, 6.07) is 10.2. The van der Waals surface area contributed by atoms with Gasteiger partial charge in [-0.05, 0) is 25.5 Å². The van der Waals surface area contributed by atoms with E-state index in [4.69, 9.17) is 4.74 Å². The molecule has 0 unspecified atom stereocenters. The molecule has 30 heavy (non-hydrogen) atoms. The fourth-order valence-electron chi connectivity index (χ4n) is 3.75. The van der Waals surface area contributed by atoms with Crippen molar-refractivity contribution in [3.05, 3.63) is 65.1 Å². The van der Waals surface area contributed by atoms with Crippen molar-refractivity contribution in [1.82, 2.24) is 24.4 Å². The van der Waals surface area contributed by atoms with Crippen molar-refractivity contribution < 1.29 is 14.3 Å². The average molecular weight is 407 g/mol. The molecule has 0 aliphatic carbocycles. The lowest BCUT2D eigenvalue weighted by Gasteiger charge is -2.34. The highest BCUT2D eigenvalue weighted by Gasteiger charge is 2.24. The van der Waals surface area contributed by atoms with Crippen LogP contribution in [0.2, 0.25) is 0 Å². The van der Waals surface area contributed by atoms with Crippen LogP contribution in [0.4, 0.5) is 0 Å². The normalized spacial score (nSPS) is 14.8. The van der Waals surface area contributed by atoms with E-state index >= 15 is 0 Å². The number of nitrogens with zero attached hydrogens (tertiary/aromatic N) is 5. The van der Waals surface area contributed by atoms with Gasteiger partial charge in [-0.15, -0.1) is 0 Å². The summed E-state index contributed by atoms with van der Waals surface area (Å²) in [4.78, 5) is 33.3. The highest BCUT2D eigenvalue weighted by Crippen LogP contribution is 2.15. The fourth-order valence-corrected chi connectivity index (χ4v) is 3.75. The highest BCUT2D eigenvalue weighted by molar-refractivity contribution is 5.98. The molecule has 0 spiro atoms. The molecule has 0 bridgehead atoms. The molecule has 1 aromatic carbocycles. The second kappa shape index (κ2) is 8.62. The minimum absolute atomic E-state index is 0.180. The Morgan fingerprint density at radius 3 is 2.67 bits per heavy atom. The molecule has 8 nitrogen and oxygen atoms in total. The number of fused-ring (bicyclic) bond motifs is 1. The van der Waals surface area contributed by atoms with E-state index in [1.165, 1.54) is 15.6 Å². The van der Waals surface area contributed by atoms with E-state index in [1.807, 2.05) is 0 Å². The molecule has 156 valence electrons. The number of ether oxygens (including phenoxy) is 1. The van der Waals surface area contributed by atoms with Gasteiger partial charge in [-0.25, -0.2) is 14.3 Å². The molecule has 0 N–H and O–H groups in total. The van der Waals surface area contributed by atoms with Crippen LogP contribution in [0.15, 0.2) is 42.7 Å². The standard InChI is InChI=1S/C22H25N5O3/c1-16-5-3-6-18(13-16)14-25-9-11-26(12-10-25)19(28)15-30-22(29)20-17(2)24-27-8-4-7-23-21(20)27/h3-8,13H,9-12,14-15H2,1-2H3. The summed E-state index contributed by atoms with van der Waals surface area (Å²) in [5.74, 6) is -0.756. The number of esters is 1. The van der Waals surface area contributed by atoms with E-state index in [2.05, 4.69) is 46.2 Å². The van der Waals surface area contributed by atoms with Gasteiger partial charge in [0.1, 0.15) is 5.56 Å². The number of amides is 1. The van der Waals surface area contributed by atoms with E-state index in [0.717, 1.165) is 19.6 Å². The maximum absolute atomic E-state index is 12.5. The third kappa shape index (κ3) is 4.33. The lowest BCUT2D eigenvalue weighted by Crippen LogP contribution is -2.49. The van der Waals surface area contributed by atoms with Gasteiger partial charge >= 0.3 is 5.97 Å². The number of aryl methyl sites for hydroxylation is 2. The Labute approximate surface area is 175 Å². The molecule has 2 aromatic heterocycles. The molecule has 3 heterocycles. The zero-order chi connectivity index (χ0) is 21.1. The van der Waals surface area contributed by atoms with Gasteiger partial charge in [0.25, 0.3) is 5.91 Å². The Kier molecular flexibility index (Phi) is 5.76. The van der Waals surface area contributed by atoms with Crippen LogP contribution in [0.1, 0.15) is 27.2 Å². The fraction of sp³-hybridized carbons (Fsp3) is 0.364. The maximum Gasteiger partial charge on any atom is 0.344 e. The SMILES string of the molecule is Cc1cccc(CN2CCN(C(=O)COC(=O)c3c(C)nn4cccnc34)CC2)c1. The van der Waals surface area contributed by atoms with Gasteiger partial charge in [0, 0.05) is 45.1 Å². The molecule has 1 amide bonds. The first-order chi connectivity index (χ1) is 14.5. The van der Waals surface area contributed by atoms with Crippen LogP contribution >= 0.6 is 0 Å². The Hall–Kier alpha value is -3.26. The molecule has 0 atom stereocenters. The molecule has 1 aliphatic rings. The Morgan fingerprint density at radius 1 is 1.10 bits per heavy atom. The van der Waals surface area contributed by atoms with Crippen molar-refractivity contribution in [3.63, 3.8) is 0 Å². The third-order valence-electron chi connectivity index (χ3n) is 5.31. The predicted octanol–water partition coefficient (Wildman–Crippen LogP) is 1.85. The van der Waals surface area contributed by atoms with Gasteiger partial charge in [0.2, 0.25) is 0 Å². The van der Waals surface area contributed by atoms with Crippen LogP contribution < -0.4 is 0 Å². The molecule has 3 aromatic rings. The maximum atomic E-state index is 12.5. The van der Waals surface area contributed by atoms with Crippen LogP contribution in [-0.2, 0) is 16.1 Å². The quantitative estimate of drug-likeness (QED) is 0.601. The van der Waals surface area contributed by atoms with Crippen molar-refractivity contribution in [1.29, 1.82) is 0 Å². The number of carbonyl (C=O) groups is 2. The number of aromatic nitrogens is 3. The third-order valence-corrected chi connectivity index (χ3v) is 5.31. The van der Waals surface area contributed by atoms with Crippen molar-refractivity contribution in [2.75, 3.05) is 32.8 Å². The van der Waals surface area contributed by atoms with Gasteiger partial charge in [0.05, 0.1) is 5.69 Å². The average Bonchev–Trinajstić information content (AvgIpc) is 3.08. The molecule has 0 saturated carbocycles. The summed E-state index contributed by atoms with van der Waals surface area (Å²) >= 11 is 0. The first-order valence-electron chi connectivity index (χ1n) is 10.0. The lowest BCUT2D eigenvalue weighted by atomic mass is 10.1. The Bertz CT molecular complexity index is 1070. The molecular formula is C22H25N5O3. The first-order valence-corrected chi connectivity index (χ1v) is 10.0. The molecule has 1 saturated heterocycles. The summed E-state index contributed by atoms with van der Waals surface area (Å²) in [6.07, 6.45) is 3.31. The number of hydrogen-bond donors (Lipinski definition) is 0. The topological polar surface area (TPSA) is 80.0 Å². The smallest absolute Gasteiger partial charge is 0.344 e. The summed E-state index contributed by atoms with van der Waals surface area (Å²) in [5, 5.41) is 4.25. The largest absolute Gasteiger partial charge is 0.452 e. The van der Waals surface area contributed by atoms with E-state index in [1.54, 1.807) is 30.3 Å². The van der Waals surface area contributed by atoms with E-state index in [-0.39, 0.29) is 12.5 Å². The molecule has 1 aliphatic heterocycles. The first kappa shape index (κ1) is 20.0. The second-order valence-electron chi connectivity index (χ2n) is 7.57. The zero-order valence-corrected chi connectivity index (χ0v) is 17.2. The number of rotatable bonds is 5. The van der Waals surface area contributed by atoms with Crippen LogP contribution in [0.3, 0.4) is 0 Å². The van der Waals surface area contributed by atoms with Gasteiger partial charge in [0.15, 0.2) is 12.3 Å². The van der Waals surface area contributed by atoms with Crippen LogP contribution in [0, 0.1) is 13.8 Å². The molecule has 8 heteroatoms. The van der Waals surface area contributed by atoms with Gasteiger partial charge in [-0.2, -0.15) is 5.10 Å². The van der Waals surface area contributed by atoms with E-state index in [0.29, 0.717) is 30.0 Å². The predicted molar refractivity (Wildman–Crippen MR) is 111 cm³/mol. The van der Waals surface area contributed by atoms with Crippen LogP contribution in [-0.4, -0.2) is 69.1 Å².